The van der Waals surface area contributed by atoms with Crippen LogP contribution < -0.4 is 10.3 Å². The number of aryl methyl sites for hydroxylation is 1. The maximum Gasteiger partial charge on any atom is 0.277 e. The minimum Gasteiger partial charge on any atom is -0.493 e. The molecule has 1 aromatic carbocycles. The summed E-state index contributed by atoms with van der Waals surface area (Å²) < 4.78 is 49.3. The summed E-state index contributed by atoms with van der Waals surface area (Å²) >= 11 is 0. The van der Waals surface area contributed by atoms with E-state index in [1.54, 1.807) is 10.6 Å². The quantitative estimate of drug-likeness (QED) is 0.309. The third-order valence-corrected chi connectivity index (χ3v) is 11.2. The van der Waals surface area contributed by atoms with Crippen LogP contribution >= 0.6 is 0 Å². The van der Waals surface area contributed by atoms with Crippen LogP contribution in [0, 0.1) is 6.92 Å². The topological polar surface area (TPSA) is 148 Å². The first kappa shape index (κ1) is 32.1. The Morgan fingerprint density at radius 2 is 1.87 bits per heavy atom. The van der Waals surface area contributed by atoms with E-state index in [1.807, 2.05) is 13.8 Å². The molecule has 13 heteroatoms. The molecular weight excluding hydrogens is 598 g/mol. The van der Waals surface area contributed by atoms with Gasteiger partial charge in [0.1, 0.15) is 11.6 Å². The average molecular weight is 644 g/mol. The number of nitrogens with one attached hydrogen (secondary N) is 1. The molecule has 2 N–H and O–H groups in total. The van der Waals surface area contributed by atoms with Crippen LogP contribution in [0.2, 0.25) is 0 Å². The van der Waals surface area contributed by atoms with Crippen molar-refractivity contribution in [3.63, 3.8) is 0 Å². The van der Waals surface area contributed by atoms with Crippen LogP contribution in [0.5, 0.6) is 5.75 Å². The Hall–Kier alpha value is -2.84. The number of sulfonamides is 1. The number of aliphatic hydroxyl groups is 1. The highest BCUT2D eigenvalue weighted by Crippen LogP contribution is 2.39. The Bertz CT molecular complexity index is 1660. The lowest BCUT2D eigenvalue weighted by Crippen LogP contribution is -2.41. The van der Waals surface area contributed by atoms with Gasteiger partial charge in [0.05, 0.1) is 42.1 Å². The summed E-state index contributed by atoms with van der Waals surface area (Å²) in [5.74, 6) is 0.909. The van der Waals surface area contributed by atoms with Crippen LogP contribution in [-0.2, 0) is 19.5 Å². The molecule has 2 aromatic heterocycles. The van der Waals surface area contributed by atoms with Gasteiger partial charge in [-0.2, -0.15) is 4.31 Å². The summed E-state index contributed by atoms with van der Waals surface area (Å²) in [4.78, 5) is 21.1. The van der Waals surface area contributed by atoms with Gasteiger partial charge in [-0.3, -0.25) is 4.79 Å². The Morgan fingerprint density at radius 3 is 2.58 bits per heavy atom. The van der Waals surface area contributed by atoms with E-state index < -0.39 is 21.9 Å². The van der Waals surface area contributed by atoms with Crippen molar-refractivity contribution in [2.24, 2.45) is 0 Å². The summed E-state index contributed by atoms with van der Waals surface area (Å²) in [6.45, 7) is 3.88. The maximum atomic E-state index is 14.1. The summed E-state index contributed by atoms with van der Waals surface area (Å²) in [6.07, 6.45) is 10.9. The van der Waals surface area contributed by atoms with Gasteiger partial charge in [-0.05, 0) is 57.7 Å². The van der Waals surface area contributed by atoms with Crippen molar-refractivity contribution in [1.82, 2.24) is 23.9 Å². The van der Waals surface area contributed by atoms with Crippen LogP contribution in [0.15, 0.2) is 27.9 Å². The molecule has 0 amide bonds. The zero-order valence-electron chi connectivity index (χ0n) is 26.3. The monoisotopic (exact) mass is 643 g/mol. The van der Waals surface area contributed by atoms with Crippen molar-refractivity contribution in [2.75, 3.05) is 32.9 Å². The number of hydrogen-bond donors (Lipinski definition) is 2. The molecule has 1 spiro atoms. The summed E-state index contributed by atoms with van der Waals surface area (Å²) in [5, 5.41) is 14.7. The second-order valence-electron chi connectivity index (χ2n) is 12.5. The van der Waals surface area contributed by atoms with Crippen molar-refractivity contribution >= 4 is 15.5 Å². The molecule has 2 saturated carbocycles. The predicted molar refractivity (Wildman–Crippen MR) is 168 cm³/mol. The molecule has 3 fully saturated rings. The molecule has 2 aliphatic carbocycles. The van der Waals surface area contributed by atoms with Gasteiger partial charge < -0.3 is 24.3 Å². The van der Waals surface area contributed by atoms with Gasteiger partial charge >= 0.3 is 0 Å². The van der Waals surface area contributed by atoms with E-state index >= 15 is 0 Å². The zero-order valence-corrected chi connectivity index (χ0v) is 27.1. The third kappa shape index (κ3) is 6.55. The van der Waals surface area contributed by atoms with E-state index in [0.717, 1.165) is 63.6 Å². The molecule has 246 valence electrons. The number of aliphatic hydroxyl groups excluding tert-OH is 1. The fourth-order valence-electron chi connectivity index (χ4n) is 7.11. The number of nitrogens with zero attached hydrogens (tertiary/aromatic N) is 4. The highest BCUT2D eigenvalue weighted by Gasteiger charge is 2.43. The van der Waals surface area contributed by atoms with Gasteiger partial charge in [0.15, 0.2) is 17.1 Å². The molecule has 3 aromatic rings. The lowest BCUT2D eigenvalue weighted by molar-refractivity contribution is -0.187. The number of aromatic amines is 1. The zero-order chi connectivity index (χ0) is 31.6. The number of hydrogen-bond acceptors (Lipinski definition) is 9. The SMILES string of the molecule is CCOc1ccc(S(=O)(=O)N(CCO)CC2COC3(CCCCC3)O2)cc1-c1nn2c(C3CCCCCC3)nc(C)c2c(=O)[nH]1. The first-order valence-corrected chi connectivity index (χ1v) is 17.9. The molecule has 45 heavy (non-hydrogen) atoms. The number of H-pyrrole nitrogens is 1. The van der Waals surface area contributed by atoms with Gasteiger partial charge in [-0.25, -0.2) is 17.9 Å². The number of benzene rings is 1. The highest BCUT2D eigenvalue weighted by atomic mass is 32.2. The Kier molecular flexibility index (Phi) is 9.62. The molecule has 1 atom stereocenters. The molecular formula is C32H45N5O7S. The highest BCUT2D eigenvalue weighted by molar-refractivity contribution is 7.89. The largest absolute Gasteiger partial charge is 0.493 e. The molecule has 1 unspecified atom stereocenters. The lowest BCUT2D eigenvalue weighted by atomic mass is 9.94. The van der Waals surface area contributed by atoms with Crippen molar-refractivity contribution in [3.8, 4) is 17.1 Å². The van der Waals surface area contributed by atoms with Gasteiger partial charge in [-0.15, -0.1) is 5.10 Å². The molecule has 3 aliphatic rings. The first-order chi connectivity index (χ1) is 21.7. The average Bonchev–Trinajstić information content (AvgIpc) is 3.44. The Balaban J connectivity index is 1.36. The van der Waals surface area contributed by atoms with Crippen LogP contribution in [0.25, 0.3) is 16.9 Å². The van der Waals surface area contributed by atoms with E-state index in [2.05, 4.69) is 4.98 Å². The van der Waals surface area contributed by atoms with E-state index in [-0.39, 0.29) is 41.9 Å². The number of fused-ring (bicyclic) bond motifs is 1. The molecule has 3 heterocycles. The fraction of sp³-hybridized carbons (Fsp3) is 0.656. The Labute approximate surface area is 264 Å². The van der Waals surface area contributed by atoms with Gasteiger partial charge in [0, 0.05) is 31.8 Å². The Morgan fingerprint density at radius 1 is 1.13 bits per heavy atom. The molecule has 1 saturated heterocycles. The van der Waals surface area contributed by atoms with Gasteiger partial charge in [0.2, 0.25) is 10.0 Å². The molecule has 0 radical (unpaired) electrons. The second-order valence-corrected chi connectivity index (χ2v) is 14.4. The summed E-state index contributed by atoms with van der Waals surface area (Å²) in [7, 11) is -4.09. The van der Waals surface area contributed by atoms with E-state index in [1.165, 1.54) is 29.3 Å². The summed E-state index contributed by atoms with van der Waals surface area (Å²) in [5.41, 5.74) is 1.00. The molecule has 1 aliphatic heterocycles. The van der Waals surface area contributed by atoms with Crippen LogP contribution in [0.3, 0.4) is 0 Å². The minimum atomic E-state index is -4.09. The lowest BCUT2D eigenvalue weighted by Gasteiger charge is -2.32. The van der Waals surface area contributed by atoms with E-state index in [4.69, 9.17) is 24.3 Å². The molecule has 12 nitrogen and oxygen atoms in total. The predicted octanol–water partition coefficient (Wildman–Crippen LogP) is 4.29. The van der Waals surface area contributed by atoms with E-state index in [9.17, 15) is 18.3 Å². The maximum absolute atomic E-state index is 14.1. The van der Waals surface area contributed by atoms with Crippen molar-refractivity contribution in [1.29, 1.82) is 0 Å². The van der Waals surface area contributed by atoms with Gasteiger partial charge in [0.25, 0.3) is 5.56 Å². The van der Waals surface area contributed by atoms with Crippen LogP contribution in [-0.4, -0.2) is 82.2 Å². The number of aromatic nitrogens is 4. The smallest absolute Gasteiger partial charge is 0.277 e. The second kappa shape index (κ2) is 13.5. The standard InChI is InChI=1S/C32H45N5O7S/c1-3-42-27-14-13-25(45(40,41)36(17-18-38)20-24-21-43-32(44-24)15-9-6-10-16-32)19-26(27)29-34-31(39)28-22(2)33-30(37(28)35-29)23-11-7-4-5-8-12-23/h13-14,19,23-24,38H,3-12,15-18,20-21H2,1-2H3,(H,34,35,39). The van der Waals surface area contributed by atoms with E-state index in [0.29, 0.717) is 35.7 Å². The summed E-state index contributed by atoms with van der Waals surface area (Å²) in [6, 6.07) is 4.56. The van der Waals surface area contributed by atoms with Crippen molar-refractivity contribution in [2.45, 2.75) is 107 Å². The van der Waals surface area contributed by atoms with Gasteiger partial charge in [-0.1, -0.05) is 32.1 Å². The normalized spacial score (nSPS) is 21.1. The third-order valence-electron chi connectivity index (χ3n) is 9.35. The van der Waals surface area contributed by atoms with Crippen molar-refractivity contribution < 1.29 is 27.7 Å². The number of ether oxygens (including phenoxy) is 3. The fourth-order valence-corrected chi connectivity index (χ4v) is 8.60. The van der Waals surface area contributed by atoms with Crippen LogP contribution in [0.4, 0.5) is 0 Å². The van der Waals surface area contributed by atoms with Crippen molar-refractivity contribution in [3.05, 3.63) is 40.1 Å². The molecule has 0 bridgehead atoms. The first-order valence-electron chi connectivity index (χ1n) is 16.4. The molecule has 6 rings (SSSR count). The number of imidazole rings is 1. The minimum absolute atomic E-state index is 0.00533. The van der Waals surface area contributed by atoms with Crippen LogP contribution in [0.1, 0.15) is 95.0 Å². The number of rotatable bonds is 10.